The lowest BCUT2D eigenvalue weighted by atomic mass is 10.2. The highest BCUT2D eigenvalue weighted by Crippen LogP contribution is 1.95. The van der Waals surface area contributed by atoms with Crippen molar-refractivity contribution < 1.29 is 0 Å². The lowest BCUT2D eigenvalue weighted by molar-refractivity contribution is 0.480. The van der Waals surface area contributed by atoms with Crippen LogP contribution < -0.4 is 11.4 Å². The smallest absolute Gasteiger partial charge is 0.253 e. The fourth-order valence-electron chi connectivity index (χ4n) is 1.58. The van der Waals surface area contributed by atoms with Crippen molar-refractivity contribution in [2.24, 2.45) is 5.92 Å². The van der Waals surface area contributed by atoms with E-state index < -0.39 is 5.69 Å². The highest BCUT2D eigenvalue weighted by Gasteiger charge is 2.07. The maximum absolute atomic E-state index is 12.0. The largest absolute Gasteiger partial charge is 0.353 e. The fourth-order valence-corrected chi connectivity index (χ4v) is 1.58. The van der Waals surface area contributed by atoms with Gasteiger partial charge in [-0.05, 0) is 18.1 Å². The zero-order chi connectivity index (χ0) is 11.7. The van der Waals surface area contributed by atoms with E-state index in [9.17, 15) is 9.59 Å². The summed E-state index contributed by atoms with van der Waals surface area (Å²) in [6, 6.07) is 5.12. The average Bonchev–Trinajstić information content (AvgIpc) is 2.24. The van der Waals surface area contributed by atoms with Gasteiger partial charge < -0.3 is 0 Å². The van der Waals surface area contributed by atoms with Crippen LogP contribution in [0.5, 0.6) is 0 Å². The molecule has 0 N–H and O–H groups in total. The van der Waals surface area contributed by atoms with Crippen molar-refractivity contribution >= 4 is 5.65 Å². The number of rotatable bonds is 2. The summed E-state index contributed by atoms with van der Waals surface area (Å²) < 4.78 is 2.54. The molecule has 0 aliphatic heterocycles. The van der Waals surface area contributed by atoms with Crippen molar-refractivity contribution in [3.63, 3.8) is 0 Å². The quantitative estimate of drug-likeness (QED) is 0.739. The Labute approximate surface area is 92.0 Å². The third kappa shape index (κ3) is 1.76. The van der Waals surface area contributed by atoms with Gasteiger partial charge in [-0.25, -0.2) is 14.2 Å². The van der Waals surface area contributed by atoms with Crippen LogP contribution in [0.2, 0.25) is 0 Å². The van der Waals surface area contributed by atoms with Crippen LogP contribution in [0.1, 0.15) is 13.8 Å². The van der Waals surface area contributed by atoms with Gasteiger partial charge in [-0.15, -0.1) is 0 Å². The van der Waals surface area contributed by atoms with Crippen LogP contribution in [0.4, 0.5) is 0 Å². The summed E-state index contributed by atoms with van der Waals surface area (Å²) in [5, 5.41) is 0. The first-order chi connectivity index (χ1) is 7.59. The molecule has 5 heteroatoms. The number of aromatic nitrogens is 3. The monoisotopic (exact) mass is 219 g/mol. The molecule has 16 heavy (non-hydrogen) atoms. The van der Waals surface area contributed by atoms with Crippen LogP contribution in [-0.4, -0.2) is 14.0 Å². The number of hydrogen-bond acceptors (Lipinski definition) is 3. The summed E-state index contributed by atoms with van der Waals surface area (Å²) in [4.78, 5) is 27.5. The minimum absolute atomic E-state index is 0.231. The van der Waals surface area contributed by atoms with Gasteiger partial charge in [0.1, 0.15) is 5.65 Å². The number of hydrogen-bond donors (Lipinski definition) is 0. The Hall–Kier alpha value is -1.91. The molecule has 2 heterocycles. The van der Waals surface area contributed by atoms with Gasteiger partial charge in [-0.2, -0.15) is 4.98 Å². The van der Waals surface area contributed by atoms with Crippen LogP contribution in [0, 0.1) is 5.92 Å². The summed E-state index contributed by atoms with van der Waals surface area (Å²) in [6.45, 7) is 4.29. The van der Waals surface area contributed by atoms with Gasteiger partial charge in [0.15, 0.2) is 0 Å². The van der Waals surface area contributed by atoms with Gasteiger partial charge in [-0.3, -0.25) is 4.40 Å². The molecule has 0 atom stereocenters. The highest BCUT2D eigenvalue weighted by atomic mass is 16.2. The van der Waals surface area contributed by atoms with Crippen molar-refractivity contribution in [3.05, 3.63) is 45.4 Å². The standard InChI is InChI=1S/C11H13N3O2/c1-8(2)7-14-10(15)12-9-5-3-4-6-13(9)11(14)16/h3-6,8H,7H2,1-2H3. The molecule has 0 saturated carbocycles. The molecule has 0 spiro atoms. The molecule has 0 amide bonds. The molecule has 2 rings (SSSR count). The van der Waals surface area contributed by atoms with Crippen molar-refractivity contribution in [3.8, 4) is 0 Å². The zero-order valence-electron chi connectivity index (χ0n) is 9.25. The summed E-state index contributed by atoms with van der Waals surface area (Å²) in [7, 11) is 0. The van der Waals surface area contributed by atoms with Crippen LogP contribution >= 0.6 is 0 Å². The lowest BCUT2D eigenvalue weighted by Crippen LogP contribution is -2.40. The number of pyridine rings is 1. The zero-order valence-corrected chi connectivity index (χ0v) is 9.25. The van der Waals surface area contributed by atoms with E-state index >= 15 is 0 Å². The van der Waals surface area contributed by atoms with Gasteiger partial charge >= 0.3 is 11.4 Å². The first kappa shape index (κ1) is 10.6. The van der Waals surface area contributed by atoms with Gasteiger partial charge in [-0.1, -0.05) is 19.9 Å². The molecule has 0 radical (unpaired) electrons. The van der Waals surface area contributed by atoms with Gasteiger partial charge in [0, 0.05) is 12.7 Å². The van der Waals surface area contributed by atoms with Crippen LogP contribution in [0.15, 0.2) is 34.0 Å². The van der Waals surface area contributed by atoms with E-state index in [2.05, 4.69) is 4.98 Å². The van der Waals surface area contributed by atoms with Crippen LogP contribution in [0.3, 0.4) is 0 Å². The first-order valence-electron chi connectivity index (χ1n) is 5.18. The Balaban J connectivity index is 2.76. The SMILES string of the molecule is CC(C)Cn1c(=O)nc2ccccn2c1=O. The molecule has 0 bridgehead atoms. The normalized spacial score (nSPS) is 11.2. The topological polar surface area (TPSA) is 56.4 Å². The minimum atomic E-state index is -0.482. The van der Waals surface area contributed by atoms with Crippen molar-refractivity contribution in [1.29, 1.82) is 0 Å². The summed E-state index contributed by atoms with van der Waals surface area (Å²) in [5.74, 6) is 0.231. The number of nitrogens with zero attached hydrogens (tertiary/aromatic N) is 3. The molecule has 5 nitrogen and oxygen atoms in total. The summed E-state index contributed by atoms with van der Waals surface area (Å²) >= 11 is 0. The molecular weight excluding hydrogens is 206 g/mol. The van der Waals surface area contributed by atoms with E-state index in [0.717, 1.165) is 4.57 Å². The second-order valence-electron chi connectivity index (χ2n) is 4.11. The van der Waals surface area contributed by atoms with Gasteiger partial charge in [0.25, 0.3) is 0 Å². The molecule has 0 aromatic carbocycles. The van der Waals surface area contributed by atoms with E-state index in [1.54, 1.807) is 24.4 Å². The Morgan fingerprint density at radius 2 is 2.06 bits per heavy atom. The molecular formula is C11H13N3O2. The second-order valence-corrected chi connectivity index (χ2v) is 4.11. The van der Waals surface area contributed by atoms with Gasteiger partial charge in [0.05, 0.1) is 0 Å². The Kier molecular flexibility index (Phi) is 2.60. The maximum atomic E-state index is 12.0. The fraction of sp³-hybridized carbons (Fsp3) is 0.364. The average molecular weight is 219 g/mol. The molecule has 0 fully saturated rings. The molecule has 84 valence electrons. The third-order valence-electron chi connectivity index (χ3n) is 2.26. The summed E-state index contributed by atoms with van der Waals surface area (Å²) in [5.41, 5.74) is -0.424. The molecule has 0 aliphatic rings. The lowest BCUT2D eigenvalue weighted by Gasteiger charge is -2.08. The summed E-state index contributed by atoms with van der Waals surface area (Å²) in [6.07, 6.45) is 1.61. The number of fused-ring (bicyclic) bond motifs is 1. The highest BCUT2D eigenvalue weighted by molar-refractivity contribution is 5.35. The molecule has 0 saturated heterocycles. The van der Waals surface area contributed by atoms with Crippen LogP contribution in [0.25, 0.3) is 5.65 Å². The van der Waals surface area contributed by atoms with Crippen LogP contribution in [-0.2, 0) is 6.54 Å². The van der Waals surface area contributed by atoms with Crippen molar-refractivity contribution in [2.45, 2.75) is 20.4 Å². The van der Waals surface area contributed by atoms with E-state index in [1.165, 1.54) is 4.40 Å². The maximum Gasteiger partial charge on any atom is 0.353 e. The predicted molar refractivity (Wildman–Crippen MR) is 60.6 cm³/mol. The van der Waals surface area contributed by atoms with Crippen molar-refractivity contribution in [1.82, 2.24) is 14.0 Å². The first-order valence-corrected chi connectivity index (χ1v) is 5.18. The van der Waals surface area contributed by atoms with Crippen molar-refractivity contribution in [2.75, 3.05) is 0 Å². The molecule has 2 aromatic rings. The third-order valence-corrected chi connectivity index (χ3v) is 2.26. The molecule has 0 aliphatic carbocycles. The minimum Gasteiger partial charge on any atom is -0.253 e. The van der Waals surface area contributed by atoms with E-state index in [0.29, 0.717) is 12.2 Å². The Bertz CT molecular complexity index is 625. The van der Waals surface area contributed by atoms with E-state index in [-0.39, 0.29) is 11.6 Å². The second kappa shape index (κ2) is 3.92. The predicted octanol–water partition coefficient (Wildman–Crippen LogP) is 0.512. The van der Waals surface area contributed by atoms with E-state index in [4.69, 9.17) is 0 Å². The molecule has 0 unspecified atom stereocenters. The van der Waals surface area contributed by atoms with E-state index in [1.807, 2.05) is 13.8 Å². The Morgan fingerprint density at radius 1 is 1.31 bits per heavy atom. The molecule has 2 aromatic heterocycles. The van der Waals surface area contributed by atoms with Gasteiger partial charge in [0.2, 0.25) is 0 Å². The Morgan fingerprint density at radius 3 is 2.75 bits per heavy atom.